The smallest absolute Gasteiger partial charge is 0.337 e. The Bertz CT molecular complexity index is 214. The van der Waals surface area contributed by atoms with Gasteiger partial charge in [-0.25, -0.2) is 4.79 Å². The van der Waals surface area contributed by atoms with E-state index in [1.54, 1.807) is 14.2 Å². The molecule has 0 amide bonds. The minimum absolute atomic E-state index is 0.377. The predicted molar refractivity (Wildman–Crippen MR) is 65.5 cm³/mol. The summed E-state index contributed by atoms with van der Waals surface area (Å²) in [4.78, 5) is 10.8. The van der Waals surface area contributed by atoms with Crippen molar-refractivity contribution < 1.29 is 18.4 Å². The first-order valence-corrected chi connectivity index (χ1v) is 7.76. The molecule has 0 aliphatic heterocycles. The molecule has 0 aromatic heterocycles. The van der Waals surface area contributed by atoms with Crippen LogP contribution in [0, 0.1) is 0 Å². The molecule has 0 aliphatic carbocycles. The Morgan fingerprint density at radius 2 is 1.94 bits per heavy atom. The lowest BCUT2D eigenvalue weighted by Crippen LogP contribution is -2.39. The maximum atomic E-state index is 10.8. The molecule has 16 heavy (non-hydrogen) atoms. The predicted octanol–water partition coefficient (Wildman–Crippen LogP) is 2.25. The van der Waals surface area contributed by atoms with E-state index in [1.165, 1.54) is 6.08 Å². The second-order valence-corrected chi connectivity index (χ2v) is 7.18. The number of ether oxygens (including phenoxy) is 1. The van der Waals surface area contributed by atoms with E-state index in [-0.39, 0.29) is 5.97 Å². The number of hydrogen-bond acceptors (Lipinski definition) is 4. The third-order valence-corrected chi connectivity index (χ3v) is 6.35. The van der Waals surface area contributed by atoms with E-state index >= 15 is 0 Å². The summed E-state index contributed by atoms with van der Waals surface area (Å²) in [5, 5.41) is 0. The normalized spacial score (nSPS) is 11.2. The molecule has 0 aliphatic rings. The van der Waals surface area contributed by atoms with Crippen LogP contribution in [-0.2, 0) is 18.4 Å². The molecular formula is C11H22O4Si. The minimum Gasteiger partial charge on any atom is -0.463 e. The van der Waals surface area contributed by atoms with Gasteiger partial charge >= 0.3 is 14.5 Å². The van der Waals surface area contributed by atoms with Crippen LogP contribution in [0.5, 0.6) is 0 Å². The molecule has 0 radical (unpaired) electrons. The van der Waals surface area contributed by atoms with Crippen LogP contribution < -0.4 is 0 Å². The minimum atomic E-state index is -2.04. The quantitative estimate of drug-likeness (QED) is 0.271. The average Bonchev–Trinajstić information content (AvgIpc) is 2.32. The van der Waals surface area contributed by atoms with Gasteiger partial charge in [0.2, 0.25) is 0 Å². The summed E-state index contributed by atoms with van der Waals surface area (Å²) in [6, 6.07) is 1.81. The van der Waals surface area contributed by atoms with Gasteiger partial charge in [0.05, 0.1) is 6.61 Å². The van der Waals surface area contributed by atoms with Gasteiger partial charge in [-0.15, -0.1) is 0 Å². The summed E-state index contributed by atoms with van der Waals surface area (Å²) in [5.41, 5.74) is 0. The van der Waals surface area contributed by atoms with Crippen molar-refractivity contribution in [3.8, 4) is 0 Å². The first-order valence-electron chi connectivity index (χ1n) is 5.53. The van der Waals surface area contributed by atoms with Crippen molar-refractivity contribution in [2.24, 2.45) is 0 Å². The number of carbonyl (C=O) groups is 1. The number of rotatable bonds is 9. The van der Waals surface area contributed by atoms with Crippen LogP contribution in [0.4, 0.5) is 0 Å². The molecule has 0 unspecified atom stereocenters. The van der Waals surface area contributed by atoms with Gasteiger partial charge in [0.25, 0.3) is 0 Å². The lowest BCUT2D eigenvalue weighted by Gasteiger charge is -2.26. The van der Waals surface area contributed by atoms with Gasteiger partial charge in [0, 0.05) is 20.3 Å². The Labute approximate surface area is 98.8 Å². The number of esters is 1. The van der Waals surface area contributed by atoms with E-state index in [0.29, 0.717) is 6.61 Å². The molecule has 0 heterocycles. The maximum Gasteiger partial charge on any atom is 0.337 e. The summed E-state index contributed by atoms with van der Waals surface area (Å²) in [5.74, 6) is -0.377. The van der Waals surface area contributed by atoms with Gasteiger partial charge in [-0.1, -0.05) is 19.9 Å². The van der Waals surface area contributed by atoms with Gasteiger partial charge in [0.15, 0.2) is 0 Å². The molecule has 0 saturated heterocycles. The molecule has 0 aromatic carbocycles. The lowest BCUT2D eigenvalue weighted by molar-refractivity contribution is -0.137. The van der Waals surface area contributed by atoms with Crippen molar-refractivity contribution >= 4 is 14.5 Å². The monoisotopic (exact) mass is 246 g/mol. The molecule has 4 nitrogen and oxygen atoms in total. The molecule has 0 N–H and O–H groups in total. The van der Waals surface area contributed by atoms with E-state index in [4.69, 9.17) is 13.6 Å². The van der Waals surface area contributed by atoms with Crippen LogP contribution in [0.2, 0.25) is 12.1 Å². The van der Waals surface area contributed by atoms with E-state index in [0.717, 1.165) is 24.9 Å². The van der Waals surface area contributed by atoms with Crippen molar-refractivity contribution in [3.05, 3.63) is 12.7 Å². The molecule has 5 heteroatoms. The molecule has 0 saturated carbocycles. The zero-order valence-corrected chi connectivity index (χ0v) is 11.5. The van der Waals surface area contributed by atoms with E-state index in [1.807, 2.05) is 0 Å². The average molecular weight is 246 g/mol. The number of hydrogen-bond donors (Lipinski definition) is 0. The second kappa shape index (κ2) is 8.49. The van der Waals surface area contributed by atoms with E-state index < -0.39 is 8.56 Å². The fourth-order valence-corrected chi connectivity index (χ4v) is 4.25. The molecule has 0 rings (SSSR count). The van der Waals surface area contributed by atoms with E-state index in [2.05, 4.69) is 13.5 Å². The summed E-state index contributed by atoms with van der Waals surface area (Å²) < 4.78 is 15.9. The van der Waals surface area contributed by atoms with Crippen molar-refractivity contribution in [1.29, 1.82) is 0 Å². The highest BCUT2D eigenvalue weighted by molar-refractivity contribution is 6.67. The third kappa shape index (κ3) is 5.44. The zero-order chi connectivity index (χ0) is 12.4. The summed E-state index contributed by atoms with van der Waals surface area (Å²) in [7, 11) is 1.35. The summed E-state index contributed by atoms with van der Waals surface area (Å²) in [6.07, 6.45) is 2.98. The SMILES string of the molecule is C=CC(=O)OCCC[Si](CCC)(OC)OC. The van der Waals surface area contributed by atoms with Crippen LogP contribution in [-0.4, -0.2) is 35.4 Å². The molecule has 0 aromatic rings. The van der Waals surface area contributed by atoms with Crippen LogP contribution in [0.1, 0.15) is 19.8 Å². The van der Waals surface area contributed by atoms with Crippen LogP contribution in [0.25, 0.3) is 0 Å². The highest BCUT2D eigenvalue weighted by atomic mass is 28.4. The Kier molecular flexibility index (Phi) is 8.15. The Hall–Kier alpha value is -0.653. The van der Waals surface area contributed by atoms with Crippen molar-refractivity contribution in [2.45, 2.75) is 31.9 Å². The van der Waals surface area contributed by atoms with Gasteiger partial charge in [-0.05, 0) is 18.5 Å². The van der Waals surface area contributed by atoms with Gasteiger partial charge in [-0.3, -0.25) is 0 Å². The topological polar surface area (TPSA) is 44.8 Å². The second-order valence-electron chi connectivity index (χ2n) is 3.54. The van der Waals surface area contributed by atoms with Crippen LogP contribution in [0.3, 0.4) is 0 Å². The van der Waals surface area contributed by atoms with Crippen molar-refractivity contribution in [1.82, 2.24) is 0 Å². The molecule has 0 bridgehead atoms. The van der Waals surface area contributed by atoms with Crippen molar-refractivity contribution in [2.75, 3.05) is 20.8 Å². The summed E-state index contributed by atoms with van der Waals surface area (Å²) >= 11 is 0. The largest absolute Gasteiger partial charge is 0.463 e. The van der Waals surface area contributed by atoms with Gasteiger partial charge < -0.3 is 13.6 Å². The molecule has 0 atom stereocenters. The van der Waals surface area contributed by atoms with Crippen LogP contribution >= 0.6 is 0 Å². The Balaban J connectivity index is 3.92. The number of carbonyl (C=O) groups excluding carboxylic acids is 1. The fourth-order valence-electron chi connectivity index (χ4n) is 1.57. The fraction of sp³-hybridized carbons (Fsp3) is 0.727. The van der Waals surface area contributed by atoms with Crippen LogP contribution in [0.15, 0.2) is 12.7 Å². The van der Waals surface area contributed by atoms with Crippen molar-refractivity contribution in [3.63, 3.8) is 0 Å². The Morgan fingerprint density at radius 1 is 1.31 bits per heavy atom. The highest BCUT2D eigenvalue weighted by Crippen LogP contribution is 2.21. The first kappa shape index (κ1) is 15.3. The zero-order valence-electron chi connectivity index (χ0n) is 10.5. The standard InChI is InChI=1S/C11H22O4Si/c1-5-9-16(13-3,14-4)10-7-8-15-11(12)6-2/h6H,2,5,7-10H2,1,3-4H3. The highest BCUT2D eigenvalue weighted by Gasteiger charge is 2.33. The maximum absolute atomic E-state index is 10.8. The molecule has 0 spiro atoms. The third-order valence-electron chi connectivity index (χ3n) is 2.49. The van der Waals surface area contributed by atoms with Gasteiger partial charge in [-0.2, -0.15) is 0 Å². The molecule has 0 fully saturated rings. The van der Waals surface area contributed by atoms with Gasteiger partial charge in [0.1, 0.15) is 0 Å². The Morgan fingerprint density at radius 3 is 2.38 bits per heavy atom. The first-order chi connectivity index (χ1) is 7.64. The summed E-state index contributed by atoms with van der Waals surface area (Å²) in [6.45, 7) is 5.84. The van der Waals surface area contributed by atoms with E-state index in [9.17, 15) is 4.79 Å². The molecule has 94 valence electrons. The molecular weight excluding hydrogens is 224 g/mol. The lowest BCUT2D eigenvalue weighted by atomic mass is 10.5.